The molecule has 1 aliphatic rings. The summed E-state index contributed by atoms with van der Waals surface area (Å²) in [7, 11) is 0. The van der Waals surface area contributed by atoms with Gasteiger partial charge in [0.25, 0.3) is 5.56 Å². The van der Waals surface area contributed by atoms with Crippen molar-refractivity contribution < 1.29 is 14.3 Å². The molecule has 34 heavy (non-hydrogen) atoms. The Hall–Kier alpha value is -3.34. The predicted molar refractivity (Wildman–Crippen MR) is 130 cm³/mol. The van der Waals surface area contributed by atoms with Crippen molar-refractivity contribution in [2.75, 3.05) is 19.3 Å². The lowest BCUT2D eigenvalue weighted by Crippen LogP contribution is -2.36. The minimum absolute atomic E-state index is 0.211. The van der Waals surface area contributed by atoms with Gasteiger partial charge in [0, 0.05) is 25.2 Å². The first kappa shape index (κ1) is 23.8. The van der Waals surface area contributed by atoms with E-state index in [9.17, 15) is 9.59 Å². The lowest BCUT2D eigenvalue weighted by molar-refractivity contribution is 0.0275. The Labute approximate surface area is 201 Å². The first-order valence-electron chi connectivity index (χ1n) is 11.0. The van der Waals surface area contributed by atoms with Gasteiger partial charge >= 0.3 is 6.09 Å². The molecule has 3 aromatic heterocycles. The van der Waals surface area contributed by atoms with Crippen LogP contribution in [0.4, 0.5) is 4.79 Å². The van der Waals surface area contributed by atoms with E-state index in [2.05, 4.69) is 21.5 Å². The van der Waals surface area contributed by atoms with Crippen LogP contribution in [0.25, 0.3) is 16.9 Å². The van der Waals surface area contributed by atoms with Gasteiger partial charge in [-0.3, -0.25) is 4.79 Å². The summed E-state index contributed by atoms with van der Waals surface area (Å²) in [6.45, 7) is 10.5. The second-order valence-electron chi connectivity index (χ2n) is 8.87. The van der Waals surface area contributed by atoms with E-state index in [-0.39, 0.29) is 24.3 Å². The highest BCUT2D eigenvalue weighted by Gasteiger charge is 2.31. The summed E-state index contributed by atoms with van der Waals surface area (Å²) in [5.41, 5.74) is -0.306. The summed E-state index contributed by atoms with van der Waals surface area (Å²) in [5, 5.41) is 0.953. The largest absolute Gasteiger partial charge is 0.472 e. The summed E-state index contributed by atoms with van der Waals surface area (Å²) < 4.78 is 14.7. The summed E-state index contributed by atoms with van der Waals surface area (Å²) in [6, 6.07) is 5.35. The number of hydrogen-bond donors (Lipinski definition) is 0. The number of rotatable bonds is 6. The lowest BCUT2D eigenvalue weighted by Gasteiger charge is -2.24. The van der Waals surface area contributed by atoms with Gasteiger partial charge in [-0.1, -0.05) is 23.9 Å². The highest BCUT2D eigenvalue weighted by atomic mass is 32.2. The molecule has 4 rings (SSSR count). The Kier molecular flexibility index (Phi) is 6.65. The number of carbonyl (C=O) groups excluding carboxylic acids is 1. The molecule has 0 spiro atoms. The standard InChI is InChI=1S/C23H28N6O4S/c1-6-11-28-20(30)16-13-24-21(34-5)26-19(16)29(28)17-8-7-9-18(25-17)32-15-10-12-27(14-15)22(31)33-23(2,3)4/h6-9,13,15H,1,10-12,14H2,2-5H3/t15-/m0/s1. The molecule has 1 aliphatic heterocycles. The molecule has 4 heterocycles. The Bertz CT molecular complexity index is 1280. The normalized spacial score (nSPS) is 16.1. The van der Waals surface area contributed by atoms with Crippen LogP contribution in [0.15, 0.2) is 47.0 Å². The van der Waals surface area contributed by atoms with Gasteiger partial charge in [-0.15, -0.1) is 6.58 Å². The van der Waals surface area contributed by atoms with Crippen molar-refractivity contribution in [3.63, 3.8) is 0 Å². The van der Waals surface area contributed by atoms with Crippen LogP contribution in [0, 0.1) is 0 Å². The fourth-order valence-corrected chi connectivity index (χ4v) is 4.04. The quantitative estimate of drug-likeness (QED) is 0.298. The fourth-order valence-electron chi connectivity index (χ4n) is 3.71. The molecule has 1 amide bonds. The summed E-state index contributed by atoms with van der Waals surface area (Å²) in [4.78, 5) is 40.4. The minimum Gasteiger partial charge on any atom is -0.472 e. The first-order valence-corrected chi connectivity index (χ1v) is 12.2. The van der Waals surface area contributed by atoms with Crippen molar-refractivity contribution in [2.24, 2.45) is 0 Å². The van der Waals surface area contributed by atoms with Crippen molar-refractivity contribution in [3.8, 4) is 11.7 Å². The molecular weight excluding hydrogens is 456 g/mol. The van der Waals surface area contributed by atoms with E-state index in [0.717, 1.165) is 0 Å². The molecule has 0 aliphatic carbocycles. The average molecular weight is 485 g/mol. The van der Waals surface area contributed by atoms with E-state index in [1.165, 1.54) is 22.6 Å². The summed E-state index contributed by atoms with van der Waals surface area (Å²) >= 11 is 1.39. The third-order valence-electron chi connectivity index (χ3n) is 5.15. The zero-order chi connectivity index (χ0) is 24.5. The van der Waals surface area contributed by atoms with Gasteiger partial charge in [-0.25, -0.2) is 24.1 Å². The Balaban J connectivity index is 1.61. The van der Waals surface area contributed by atoms with Crippen LogP contribution in [0.3, 0.4) is 0 Å². The second-order valence-corrected chi connectivity index (χ2v) is 9.64. The van der Waals surface area contributed by atoms with Gasteiger partial charge in [0.15, 0.2) is 16.6 Å². The van der Waals surface area contributed by atoms with Gasteiger partial charge in [0.1, 0.15) is 17.1 Å². The maximum Gasteiger partial charge on any atom is 0.410 e. The van der Waals surface area contributed by atoms with Gasteiger partial charge in [-0.2, -0.15) is 4.98 Å². The van der Waals surface area contributed by atoms with Gasteiger partial charge in [0.2, 0.25) is 5.88 Å². The number of allylic oxidation sites excluding steroid dienone is 1. The van der Waals surface area contributed by atoms with Crippen LogP contribution in [-0.2, 0) is 11.3 Å². The van der Waals surface area contributed by atoms with E-state index in [1.807, 2.05) is 33.1 Å². The van der Waals surface area contributed by atoms with E-state index in [1.54, 1.807) is 27.8 Å². The Morgan fingerprint density at radius 2 is 2.12 bits per heavy atom. The zero-order valence-corrected chi connectivity index (χ0v) is 20.5. The van der Waals surface area contributed by atoms with Crippen molar-refractivity contribution >= 4 is 28.9 Å². The third kappa shape index (κ3) is 4.93. The molecule has 1 saturated heterocycles. The maximum atomic E-state index is 13.0. The first-order chi connectivity index (χ1) is 16.2. The molecule has 10 nitrogen and oxygen atoms in total. The molecule has 0 aromatic carbocycles. The summed E-state index contributed by atoms with van der Waals surface area (Å²) in [6.07, 6.45) is 5.16. The number of amides is 1. The minimum atomic E-state index is -0.549. The monoisotopic (exact) mass is 484 g/mol. The average Bonchev–Trinajstić information content (AvgIpc) is 3.36. The highest BCUT2D eigenvalue weighted by Crippen LogP contribution is 2.22. The van der Waals surface area contributed by atoms with Crippen LogP contribution in [-0.4, -0.2) is 66.4 Å². The fraction of sp³-hybridized carbons (Fsp3) is 0.435. The number of hydrogen-bond acceptors (Lipinski definition) is 8. The number of likely N-dealkylation sites (tertiary alicyclic amines) is 1. The molecule has 11 heteroatoms. The van der Waals surface area contributed by atoms with Crippen LogP contribution in [0.1, 0.15) is 27.2 Å². The molecule has 3 aromatic rings. The van der Waals surface area contributed by atoms with Crippen LogP contribution >= 0.6 is 11.8 Å². The van der Waals surface area contributed by atoms with E-state index < -0.39 is 5.60 Å². The third-order valence-corrected chi connectivity index (χ3v) is 5.71. The molecule has 1 atom stereocenters. The zero-order valence-electron chi connectivity index (χ0n) is 19.7. The van der Waals surface area contributed by atoms with E-state index >= 15 is 0 Å². The number of nitrogens with zero attached hydrogens (tertiary/aromatic N) is 6. The van der Waals surface area contributed by atoms with Crippen LogP contribution < -0.4 is 10.3 Å². The number of aromatic nitrogens is 5. The van der Waals surface area contributed by atoms with Crippen molar-refractivity contribution in [3.05, 3.63) is 47.4 Å². The van der Waals surface area contributed by atoms with Crippen molar-refractivity contribution in [1.82, 2.24) is 29.2 Å². The molecule has 180 valence electrons. The summed E-state index contributed by atoms with van der Waals surface area (Å²) in [5.74, 6) is 0.881. The van der Waals surface area contributed by atoms with E-state index in [0.29, 0.717) is 47.4 Å². The van der Waals surface area contributed by atoms with Gasteiger partial charge in [-0.05, 0) is 33.1 Å². The number of carbonyl (C=O) groups is 1. The number of thioether (sulfide) groups is 1. The molecule has 0 radical (unpaired) electrons. The van der Waals surface area contributed by atoms with Crippen LogP contribution in [0.5, 0.6) is 5.88 Å². The smallest absolute Gasteiger partial charge is 0.410 e. The second kappa shape index (κ2) is 9.49. The SMILES string of the molecule is C=CCn1c(=O)c2cnc(SC)nc2n1-c1cccc(O[C@H]2CCN(C(=O)OC(C)(C)C)C2)n1. The maximum absolute atomic E-state index is 13.0. The van der Waals surface area contributed by atoms with E-state index in [4.69, 9.17) is 9.47 Å². The predicted octanol–water partition coefficient (Wildman–Crippen LogP) is 3.27. The van der Waals surface area contributed by atoms with Gasteiger partial charge < -0.3 is 14.4 Å². The molecule has 0 unspecified atom stereocenters. The number of ether oxygens (including phenoxy) is 2. The number of fused-ring (bicyclic) bond motifs is 1. The molecular formula is C23H28N6O4S. The molecule has 0 N–H and O–H groups in total. The highest BCUT2D eigenvalue weighted by molar-refractivity contribution is 7.98. The molecule has 1 fully saturated rings. The molecule has 0 bridgehead atoms. The number of pyridine rings is 1. The lowest BCUT2D eigenvalue weighted by atomic mass is 10.2. The Morgan fingerprint density at radius 1 is 1.32 bits per heavy atom. The van der Waals surface area contributed by atoms with Gasteiger partial charge in [0.05, 0.1) is 13.1 Å². The molecule has 0 saturated carbocycles. The Morgan fingerprint density at radius 3 is 2.82 bits per heavy atom. The van der Waals surface area contributed by atoms with Crippen LogP contribution in [0.2, 0.25) is 0 Å². The topological polar surface area (TPSA) is 104 Å². The van der Waals surface area contributed by atoms with Crippen molar-refractivity contribution in [2.45, 2.75) is 50.6 Å². The van der Waals surface area contributed by atoms with Crippen molar-refractivity contribution in [1.29, 1.82) is 0 Å².